The van der Waals surface area contributed by atoms with Crippen molar-refractivity contribution in [3.63, 3.8) is 0 Å². The number of hydrogen-bond acceptors (Lipinski definition) is 8. The maximum Gasteiger partial charge on any atom is 0.253 e. The van der Waals surface area contributed by atoms with Gasteiger partial charge in [0.25, 0.3) is 11.8 Å². The summed E-state index contributed by atoms with van der Waals surface area (Å²) < 4.78 is 0. The van der Waals surface area contributed by atoms with E-state index in [1.807, 2.05) is 0 Å². The van der Waals surface area contributed by atoms with Crippen LogP contribution in [0, 0.1) is 0 Å². The fraction of sp³-hybridized carbons (Fsp3) is 0.286. The Morgan fingerprint density at radius 1 is 1.16 bits per heavy atom. The highest BCUT2D eigenvalue weighted by molar-refractivity contribution is 8.15. The topological polar surface area (TPSA) is 129 Å². The Morgan fingerprint density at radius 2 is 1.68 bits per heavy atom. The minimum absolute atomic E-state index is 0.0218. The number of carbonyl (C=O) groups is 2. The van der Waals surface area contributed by atoms with E-state index in [0.29, 0.717) is 10.3 Å². The number of nitrogens with zero attached hydrogens (tertiary/aromatic N) is 4. The minimum Gasteiger partial charge on any atom is -0.272 e. The zero-order chi connectivity index (χ0) is 14.0. The molecule has 0 bridgehead atoms. The summed E-state index contributed by atoms with van der Waals surface area (Å²) in [6, 6.07) is 0. The summed E-state index contributed by atoms with van der Waals surface area (Å²) in [6.07, 6.45) is 0. The van der Waals surface area contributed by atoms with E-state index >= 15 is 0 Å². The number of thiocarbonyl (C=S) groups is 1. The number of amides is 2. The number of rotatable bonds is 1. The van der Waals surface area contributed by atoms with Gasteiger partial charge in [0.05, 0.1) is 11.5 Å². The normalized spacial score (nSPS) is 23.9. The Balaban J connectivity index is 1.96. The van der Waals surface area contributed by atoms with Crippen molar-refractivity contribution in [1.82, 2.24) is 15.4 Å². The number of carbonyl (C=O) groups excluding carboxylic acids is 2. The molecule has 9 nitrogen and oxygen atoms in total. The summed E-state index contributed by atoms with van der Waals surface area (Å²) in [5.74, 6) is 10.9. The van der Waals surface area contributed by atoms with Crippen LogP contribution >= 0.6 is 35.7 Å². The van der Waals surface area contributed by atoms with Crippen molar-refractivity contribution in [2.75, 3.05) is 11.5 Å². The van der Waals surface area contributed by atoms with Gasteiger partial charge in [0.1, 0.15) is 0 Å². The average Bonchev–Trinajstić information content (AvgIpc) is 2.86. The third-order valence-electron chi connectivity index (χ3n) is 2.04. The van der Waals surface area contributed by atoms with E-state index in [0.717, 1.165) is 10.0 Å². The van der Waals surface area contributed by atoms with Crippen LogP contribution < -0.4 is 17.1 Å². The number of hydrazone groups is 1. The first-order valence-electron chi connectivity index (χ1n) is 4.86. The average molecular weight is 319 g/mol. The maximum atomic E-state index is 11.2. The number of amidine groups is 2. The molecule has 0 radical (unpaired) electrons. The fourth-order valence-corrected chi connectivity index (χ4v) is 2.84. The number of aliphatic imine (C=N–C) groups is 1. The molecular weight excluding hydrogens is 310 g/mol. The molecule has 0 aromatic rings. The van der Waals surface area contributed by atoms with Gasteiger partial charge >= 0.3 is 0 Å². The lowest BCUT2D eigenvalue weighted by molar-refractivity contribution is -0.125. The van der Waals surface area contributed by atoms with E-state index < -0.39 is 0 Å². The Morgan fingerprint density at radius 3 is 2.16 bits per heavy atom. The predicted molar refractivity (Wildman–Crippen MR) is 77.6 cm³/mol. The molecule has 2 rings (SSSR count). The third kappa shape index (κ3) is 3.22. The SMILES string of the molecule is NN1C(=O)CS/C1=N\C(=S)N/N=C1/SCC(=O)N1N. The number of hydrazine groups is 2. The Labute approximate surface area is 121 Å². The summed E-state index contributed by atoms with van der Waals surface area (Å²) in [6.45, 7) is 0. The van der Waals surface area contributed by atoms with E-state index in [9.17, 15) is 9.59 Å². The fourth-order valence-electron chi connectivity index (χ4n) is 1.12. The number of nitrogens with two attached hydrogens (primary N) is 2. The molecule has 2 amide bonds. The molecule has 5 N–H and O–H groups in total. The lowest BCUT2D eigenvalue weighted by Crippen LogP contribution is -2.38. The molecule has 0 saturated carbocycles. The number of nitrogens with one attached hydrogen (secondary N) is 1. The van der Waals surface area contributed by atoms with Crippen LogP contribution in [0.1, 0.15) is 0 Å². The van der Waals surface area contributed by atoms with Crippen molar-refractivity contribution < 1.29 is 9.59 Å². The second kappa shape index (κ2) is 5.83. The zero-order valence-corrected chi connectivity index (χ0v) is 11.8. The lowest BCUT2D eigenvalue weighted by Gasteiger charge is -2.09. The van der Waals surface area contributed by atoms with Gasteiger partial charge in [0, 0.05) is 0 Å². The summed E-state index contributed by atoms with van der Waals surface area (Å²) in [5, 5.41) is 6.32. The van der Waals surface area contributed by atoms with Crippen LogP contribution in [0.4, 0.5) is 0 Å². The second-order valence-corrected chi connectivity index (χ2v) is 5.58. The van der Waals surface area contributed by atoms with Gasteiger partial charge in [-0.05, 0) is 12.2 Å². The molecule has 0 spiro atoms. The molecule has 2 saturated heterocycles. The van der Waals surface area contributed by atoms with Crippen LogP contribution in [-0.4, -0.2) is 48.8 Å². The molecular formula is C7H9N7O2S3. The highest BCUT2D eigenvalue weighted by Gasteiger charge is 2.27. The standard InChI is InChI=1S/C7H9N7O2S3/c8-13-3(15)1-18-6(13)10-5(17)11-12-7-14(9)4(16)2-19-7/h1-2,8-9H2,(H,11,17)/b10-6-,12-7+. The van der Waals surface area contributed by atoms with Crippen LogP contribution in [0.3, 0.4) is 0 Å². The molecule has 102 valence electrons. The largest absolute Gasteiger partial charge is 0.272 e. The molecule has 2 heterocycles. The molecule has 2 aliphatic rings. The van der Waals surface area contributed by atoms with Crippen molar-refractivity contribution in [1.29, 1.82) is 0 Å². The van der Waals surface area contributed by atoms with E-state index in [2.05, 4.69) is 15.5 Å². The molecule has 19 heavy (non-hydrogen) atoms. The van der Waals surface area contributed by atoms with Crippen molar-refractivity contribution >= 4 is 63.0 Å². The van der Waals surface area contributed by atoms with Gasteiger partial charge in [-0.1, -0.05) is 23.5 Å². The monoisotopic (exact) mass is 319 g/mol. The Bertz CT molecular complexity index is 505. The van der Waals surface area contributed by atoms with Crippen LogP contribution in [0.15, 0.2) is 10.1 Å². The van der Waals surface area contributed by atoms with Gasteiger partial charge in [0.15, 0.2) is 5.17 Å². The molecule has 0 aliphatic carbocycles. The Kier molecular flexibility index (Phi) is 4.36. The maximum absolute atomic E-state index is 11.2. The molecule has 2 aliphatic heterocycles. The highest BCUT2D eigenvalue weighted by atomic mass is 32.2. The molecule has 2 fully saturated rings. The van der Waals surface area contributed by atoms with Crippen molar-refractivity contribution in [3.8, 4) is 0 Å². The first kappa shape index (κ1) is 14.2. The highest BCUT2D eigenvalue weighted by Crippen LogP contribution is 2.16. The minimum atomic E-state index is -0.247. The molecule has 0 unspecified atom stereocenters. The third-order valence-corrected chi connectivity index (χ3v) is 4.10. The Hall–Kier alpha value is -1.21. The molecule has 0 aromatic carbocycles. The van der Waals surface area contributed by atoms with E-state index in [1.165, 1.54) is 23.5 Å². The molecule has 0 atom stereocenters. The van der Waals surface area contributed by atoms with E-state index in [-0.39, 0.29) is 28.4 Å². The van der Waals surface area contributed by atoms with Crippen molar-refractivity contribution in [3.05, 3.63) is 0 Å². The smallest absolute Gasteiger partial charge is 0.253 e. The van der Waals surface area contributed by atoms with Crippen molar-refractivity contribution in [2.24, 2.45) is 21.8 Å². The van der Waals surface area contributed by atoms with Gasteiger partial charge in [-0.3, -0.25) is 9.59 Å². The van der Waals surface area contributed by atoms with Gasteiger partial charge in [-0.2, -0.15) is 4.99 Å². The van der Waals surface area contributed by atoms with Crippen LogP contribution in [0.25, 0.3) is 0 Å². The van der Waals surface area contributed by atoms with Crippen LogP contribution in [0.2, 0.25) is 0 Å². The van der Waals surface area contributed by atoms with Crippen molar-refractivity contribution in [2.45, 2.75) is 0 Å². The number of hydrogen-bond donors (Lipinski definition) is 3. The van der Waals surface area contributed by atoms with Crippen LogP contribution in [0.5, 0.6) is 0 Å². The quantitative estimate of drug-likeness (QED) is 0.228. The van der Waals surface area contributed by atoms with Gasteiger partial charge in [-0.25, -0.2) is 27.1 Å². The lowest BCUT2D eigenvalue weighted by atomic mass is 10.7. The predicted octanol–water partition coefficient (Wildman–Crippen LogP) is -1.61. The number of thioether (sulfide) groups is 2. The first-order valence-corrected chi connectivity index (χ1v) is 7.24. The van der Waals surface area contributed by atoms with Gasteiger partial charge < -0.3 is 0 Å². The molecule has 12 heteroatoms. The van der Waals surface area contributed by atoms with E-state index in [4.69, 9.17) is 23.9 Å². The summed E-state index contributed by atoms with van der Waals surface area (Å²) in [4.78, 5) is 26.2. The van der Waals surface area contributed by atoms with Crippen LogP contribution in [-0.2, 0) is 9.59 Å². The summed E-state index contributed by atoms with van der Waals surface area (Å²) >= 11 is 7.28. The summed E-state index contributed by atoms with van der Waals surface area (Å²) in [7, 11) is 0. The summed E-state index contributed by atoms with van der Waals surface area (Å²) in [5.41, 5.74) is 2.47. The van der Waals surface area contributed by atoms with Gasteiger partial charge in [0.2, 0.25) is 10.3 Å². The second-order valence-electron chi connectivity index (χ2n) is 3.31. The molecule has 0 aromatic heterocycles. The van der Waals surface area contributed by atoms with E-state index in [1.54, 1.807) is 0 Å². The zero-order valence-electron chi connectivity index (χ0n) is 9.40. The van der Waals surface area contributed by atoms with Gasteiger partial charge in [-0.15, -0.1) is 5.10 Å². The first-order chi connectivity index (χ1) is 8.99.